The van der Waals surface area contributed by atoms with Gasteiger partial charge in [0, 0.05) is 6.54 Å². The van der Waals surface area contributed by atoms with Gasteiger partial charge in [0.1, 0.15) is 11.4 Å². The van der Waals surface area contributed by atoms with E-state index in [4.69, 9.17) is 4.42 Å². The van der Waals surface area contributed by atoms with E-state index in [1.807, 2.05) is 0 Å². The van der Waals surface area contributed by atoms with Gasteiger partial charge in [0.15, 0.2) is 10.9 Å². The van der Waals surface area contributed by atoms with Crippen LogP contribution in [0, 0.1) is 0 Å². The second kappa shape index (κ2) is 7.32. The highest BCUT2D eigenvalue weighted by molar-refractivity contribution is 7.99. The van der Waals surface area contributed by atoms with Crippen molar-refractivity contribution in [2.24, 2.45) is 0 Å². The number of hydrogen-bond acceptors (Lipinski definition) is 5. The lowest BCUT2D eigenvalue weighted by atomic mass is 10.2. The predicted molar refractivity (Wildman–Crippen MR) is 78.7 cm³/mol. The van der Waals surface area contributed by atoms with Gasteiger partial charge in [-0.2, -0.15) is 13.2 Å². The summed E-state index contributed by atoms with van der Waals surface area (Å²) in [6.45, 7) is 3.73. The Kier molecular flexibility index (Phi) is 5.43. The quantitative estimate of drug-likeness (QED) is 0.496. The SMILES string of the molecule is C=CCNC(=O)CSc1nc(-c2ccco2)cc(C(F)(F)F)n1. The van der Waals surface area contributed by atoms with Crippen LogP contribution in [0.5, 0.6) is 0 Å². The van der Waals surface area contributed by atoms with Crippen LogP contribution in [-0.2, 0) is 11.0 Å². The van der Waals surface area contributed by atoms with Gasteiger partial charge in [0.2, 0.25) is 5.91 Å². The molecule has 2 aromatic rings. The maximum Gasteiger partial charge on any atom is 0.433 e. The molecule has 9 heteroatoms. The van der Waals surface area contributed by atoms with Crippen molar-refractivity contribution in [1.82, 2.24) is 15.3 Å². The van der Waals surface area contributed by atoms with Gasteiger partial charge in [0.25, 0.3) is 0 Å². The molecule has 5 nitrogen and oxygen atoms in total. The van der Waals surface area contributed by atoms with E-state index in [9.17, 15) is 18.0 Å². The van der Waals surface area contributed by atoms with E-state index in [-0.39, 0.29) is 34.8 Å². The molecule has 122 valence electrons. The van der Waals surface area contributed by atoms with E-state index in [1.165, 1.54) is 18.4 Å². The molecule has 1 amide bonds. The van der Waals surface area contributed by atoms with Crippen molar-refractivity contribution >= 4 is 17.7 Å². The van der Waals surface area contributed by atoms with Gasteiger partial charge in [-0.15, -0.1) is 6.58 Å². The van der Waals surface area contributed by atoms with Crippen LogP contribution in [-0.4, -0.2) is 28.2 Å². The molecule has 0 unspecified atom stereocenters. The summed E-state index contributed by atoms with van der Waals surface area (Å²) in [4.78, 5) is 18.9. The number of nitrogens with zero attached hydrogens (tertiary/aromatic N) is 2. The third kappa shape index (κ3) is 4.85. The Morgan fingerprint density at radius 1 is 1.43 bits per heavy atom. The molecular weight excluding hydrogens is 331 g/mol. The first-order valence-electron chi connectivity index (χ1n) is 6.40. The molecule has 0 saturated carbocycles. The molecule has 2 heterocycles. The van der Waals surface area contributed by atoms with E-state index in [1.54, 1.807) is 6.07 Å². The van der Waals surface area contributed by atoms with Crippen LogP contribution in [0.25, 0.3) is 11.5 Å². The number of carbonyl (C=O) groups is 1. The van der Waals surface area contributed by atoms with E-state index >= 15 is 0 Å². The third-order valence-electron chi connectivity index (χ3n) is 2.55. The number of rotatable bonds is 6. The molecule has 0 aliphatic heterocycles. The lowest BCUT2D eigenvalue weighted by molar-refractivity contribution is -0.141. The Hall–Kier alpha value is -2.29. The maximum atomic E-state index is 12.9. The maximum absolute atomic E-state index is 12.9. The molecule has 2 aromatic heterocycles. The molecule has 0 radical (unpaired) electrons. The van der Waals surface area contributed by atoms with Gasteiger partial charge in [-0.05, 0) is 18.2 Å². The van der Waals surface area contributed by atoms with Crippen molar-refractivity contribution in [3.63, 3.8) is 0 Å². The first kappa shape index (κ1) is 17.1. The summed E-state index contributed by atoms with van der Waals surface area (Å²) in [6, 6.07) is 3.84. The molecule has 0 saturated heterocycles. The summed E-state index contributed by atoms with van der Waals surface area (Å²) >= 11 is 0.810. The smallest absolute Gasteiger partial charge is 0.433 e. The van der Waals surface area contributed by atoms with Gasteiger partial charge in [-0.3, -0.25) is 4.79 Å². The number of halogens is 3. The summed E-state index contributed by atoms with van der Waals surface area (Å²) in [5.41, 5.74) is -1.08. The van der Waals surface area contributed by atoms with Crippen molar-refractivity contribution in [3.05, 3.63) is 42.8 Å². The van der Waals surface area contributed by atoms with Crippen LogP contribution in [0.3, 0.4) is 0 Å². The van der Waals surface area contributed by atoms with Crippen LogP contribution < -0.4 is 5.32 Å². The normalized spacial score (nSPS) is 11.3. The van der Waals surface area contributed by atoms with Crippen LogP contribution >= 0.6 is 11.8 Å². The zero-order valence-electron chi connectivity index (χ0n) is 11.8. The topological polar surface area (TPSA) is 68.0 Å². The van der Waals surface area contributed by atoms with Crippen LogP contribution in [0.4, 0.5) is 13.2 Å². The monoisotopic (exact) mass is 343 g/mol. The number of aromatic nitrogens is 2. The molecular formula is C14H12F3N3O2S. The molecule has 0 fully saturated rings. The predicted octanol–water partition coefficient (Wildman–Crippen LogP) is 3.15. The molecule has 2 rings (SSSR count). The number of carbonyl (C=O) groups excluding carboxylic acids is 1. The van der Waals surface area contributed by atoms with E-state index in [2.05, 4.69) is 21.9 Å². The number of amides is 1. The lowest BCUT2D eigenvalue weighted by Gasteiger charge is -2.09. The zero-order valence-corrected chi connectivity index (χ0v) is 12.6. The van der Waals surface area contributed by atoms with Gasteiger partial charge in [-0.25, -0.2) is 9.97 Å². The Labute approximate surface area is 134 Å². The zero-order chi connectivity index (χ0) is 16.9. The minimum atomic E-state index is -4.62. The molecule has 0 aromatic carbocycles. The average Bonchev–Trinajstić information content (AvgIpc) is 3.04. The molecule has 1 N–H and O–H groups in total. The summed E-state index contributed by atoms with van der Waals surface area (Å²) in [7, 11) is 0. The molecule has 0 aliphatic rings. The first-order valence-corrected chi connectivity index (χ1v) is 7.39. The molecule has 0 bridgehead atoms. The average molecular weight is 343 g/mol. The number of thioether (sulfide) groups is 1. The summed E-state index contributed by atoms with van der Waals surface area (Å²) in [5, 5.41) is 2.36. The highest BCUT2D eigenvalue weighted by Gasteiger charge is 2.34. The molecule has 0 aliphatic carbocycles. The fourth-order valence-corrected chi connectivity index (χ4v) is 2.24. The molecule has 0 spiro atoms. The Morgan fingerprint density at radius 2 is 2.22 bits per heavy atom. The van der Waals surface area contributed by atoms with Crippen LogP contribution in [0.15, 0.2) is 46.7 Å². The van der Waals surface area contributed by atoms with E-state index < -0.39 is 11.9 Å². The van der Waals surface area contributed by atoms with Gasteiger partial charge in [0.05, 0.1) is 12.0 Å². The third-order valence-corrected chi connectivity index (χ3v) is 3.39. The summed E-state index contributed by atoms with van der Waals surface area (Å²) in [5.74, 6) is -0.265. The second-order valence-electron chi connectivity index (χ2n) is 4.28. The lowest BCUT2D eigenvalue weighted by Crippen LogP contribution is -2.25. The summed E-state index contributed by atoms with van der Waals surface area (Å²) in [6.07, 6.45) is -1.79. The molecule has 23 heavy (non-hydrogen) atoms. The number of furan rings is 1. The van der Waals surface area contributed by atoms with Crippen molar-refractivity contribution < 1.29 is 22.4 Å². The van der Waals surface area contributed by atoms with Crippen molar-refractivity contribution in [1.29, 1.82) is 0 Å². The van der Waals surface area contributed by atoms with Gasteiger partial charge < -0.3 is 9.73 Å². The highest BCUT2D eigenvalue weighted by atomic mass is 32.2. The van der Waals surface area contributed by atoms with E-state index in [0.29, 0.717) is 0 Å². The Balaban J connectivity index is 2.23. The van der Waals surface area contributed by atoms with Gasteiger partial charge in [-0.1, -0.05) is 17.8 Å². The van der Waals surface area contributed by atoms with E-state index in [0.717, 1.165) is 17.8 Å². The summed E-state index contributed by atoms with van der Waals surface area (Å²) < 4.78 is 43.9. The van der Waals surface area contributed by atoms with Gasteiger partial charge >= 0.3 is 6.18 Å². The minimum absolute atomic E-state index is 0.00586. The fraction of sp³-hybridized carbons (Fsp3) is 0.214. The Morgan fingerprint density at radius 3 is 2.83 bits per heavy atom. The molecule has 0 atom stereocenters. The van der Waals surface area contributed by atoms with Crippen LogP contribution in [0.2, 0.25) is 0 Å². The Bertz CT molecular complexity index is 687. The second-order valence-corrected chi connectivity index (χ2v) is 5.22. The number of hydrogen-bond donors (Lipinski definition) is 1. The number of nitrogens with one attached hydrogen (secondary N) is 1. The van der Waals surface area contributed by atoms with Crippen LogP contribution in [0.1, 0.15) is 5.69 Å². The minimum Gasteiger partial charge on any atom is -0.463 e. The standard InChI is InChI=1S/C14H12F3N3O2S/c1-2-5-18-12(21)8-23-13-19-9(10-4-3-6-22-10)7-11(20-13)14(15,16)17/h2-4,6-7H,1,5,8H2,(H,18,21). The largest absolute Gasteiger partial charge is 0.463 e. The van der Waals surface area contributed by atoms with Crippen molar-refractivity contribution in [2.75, 3.05) is 12.3 Å². The number of alkyl halides is 3. The highest BCUT2D eigenvalue weighted by Crippen LogP contribution is 2.32. The fourth-order valence-electron chi connectivity index (χ4n) is 1.55. The van der Waals surface area contributed by atoms with Crippen molar-refractivity contribution in [2.45, 2.75) is 11.3 Å². The van der Waals surface area contributed by atoms with Crippen molar-refractivity contribution in [3.8, 4) is 11.5 Å². The first-order chi connectivity index (χ1) is 10.9.